The van der Waals surface area contributed by atoms with Crippen molar-refractivity contribution in [1.82, 2.24) is 13.7 Å². The van der Waals surface area contributed by atoms with Crippen molar-refractivity contribution in [3.63, 3.8) is 0 Å². The molecule has 0 aliphatic carbocycles. The Morgan fingerprint density at radius 1 is 0.492 bits per heavy atom. The summed E-state index contributed by atoms with van der Waals surface area (Å²) in [5.74, 6) is -0.289. The lowest BCUT2D eigenvalue weighted by Gasteiger charge is -2.21. The zero-order valence-corrected chi connectivity index (χ0v) is 71.8. The second kappa shape index (κ2) is 43.3. The van der Waals surface area contributed by atoms with Gasteiger partial charge in [-0.25, -0.2) is 9.59 Å². The van der Waals surface area contributed by atoms with Crippen LogP contribution < -0.4 is 27.0 Å². The molecule has 0 spiro atoms. The van der Waals surface area contributed by atoms with E-state index in [0.29, 0.717) is 54.0 Å². The first-order valence-electron chi connectivity index (χ1n) is 39.4. The van der Waals surface area contributed by atoms with Gasteiger partial charge >= 0.3 is 18.4 Å². The molecule has 650 valence electrons. The normalized spacial score (nSPS) is 12.6. The maximum atomic E-state index is 13.0. The van der Waals surface area contributed by atoms with E-state index >= 15 is 0 Å². The predicted octanol–water partition coefficient (Wildman–Crippen LogP) is 25.9. The summed E-state index contributed by atoms with van der Waals surface area (Å²) >= 11 is 9.53. The molecule has 0 radical (unpaired) electrons. The molecule has 0 saturated carbocycles. The molecule has 10 aromatic carbocycles. The Bertz CT molecular complexity index is 6050. The van der Waals surface area contributed by atoms with Crippen molar-refractivity contribution in [2.24, 2.45) is 4.99 Å². The summed E-state index contributed by atoms with van der Waals surface area (Å²) < 4.78 is 48.2. The second-order valence-electron chi connectivity index (χ2n) is 31.8. The van der Waals surface area contributed by atoms with Crippen molar-refractivity contribution < 1.29 is 56.2 Å². The number of carbonyl (C=O) groups is 7. The number of nitrogens with two attached hydrogens (primary N) is 1. The van der Waals surface area contributed by atoms with E-state index in [1.165, 1.54) is 44.1 Å². The average Bonchev–Trinajstić information content (AvgIpc) is 1.66. The number of aryl methyl sites for hydroxylation is 8. The van der Waals surface area contributed by atoms with Crippen molar-refractivity contribution >= 4 is 137 Å². The highest BCUT2D eigenvalue weighted by Gasteiger charge is 2.27. The number of aromatic nitrogens is 3. The monoisotopic (exact) mass is 1720 g/mol. The van der Waals surface area contributed by atoms with Crippen molar-refractivity contribution in [1.29, 1.82) is 0 Å². The molecule has 1 atom stereocenters. The van der Waals surface area contributed by atoms with Crippen LogP contribution >= 0.6 is 23.2 Å². The van der Waals surface area contributed by atoms with Gasteiger partial charge in [0.25, 0.3) is 0 Å². The van der Waals surface area contributed by atoms with Crippen LogP contribution in [0.1, 0.15) is 166 Å². The first-order chi connectivity index (χ1) is 57.3. The Morgan fingerprint density at radius 3 is 1.41 bits per heavy atom. The number of fused-ring (bicyclic) bond motifs is 5. The van der Waals surface area contributed by atoms with Gasteiger partial charge < -0.3 is 39.5 Å². The number of aliphatic imine (C=N–C) groups is 1. The summed E-state index contributed by atoms with van der Waals surface area (Å²) in [4.78, 5) is 88.7. The van der Waals surface area contributed by atoms with Crippen LogP contribution in [0.2, 0.25) is 0 Å². The molecule has 13 aromatic rings. The topological polar surface area (TPSA) is 239 Å². The fourth-order valence-corrected chi connectivity index (χ4v) is 13.7. The third-order valence-corrected chi connectivity index (χ3v) is 20.1. The third-order valence-electron chi connectivity index (χ3n) is 20.1. The van der Waals surface area contributed by atoms with Gasteiger partial charge in [-0.05, 0) is 289 Å². The molecule has 18 nitrogen and oxygen atoms in total. The smallest absolute Gasteiger partial charge is 0.444 e. The largest absolute Gasteiger partial charge is 0.446 e. The molecule has 5 heterocycles. The lowest BCUT2D eigenvalue weighted by molar-refractivity contribution is -0.156. The van der Waals surface area contributed by atoms with Gasteiger partial charge in [-0.3, -0.25) is 39.6 Å². The number of alkyl halides is 5. The van der Waals surface area contributed by atoms with E-state index in [1.807, 2.05) is 120 Å². The van der Waals surface area contributed by atoms with Gasteiger partial charge in [0.05, 0.1) is 68.5 Å². The van der Waals surface area contributed by atoms with E-state index in [9.17, 15) is 41.9 Å². The molecule has 0 bridgehead atoms. The zero-order chi connectivity index (χ0) is 87.8. The van der Waals surface area contributed by atoms with E-state index in [1.54, 1.807) is 51.1 Å². The van der Waals surface area contributed by atoms with Crippen LogP contribution in [0.4, 0.5) is 56.9 Å². The highest BCUT2D eigenvalue weighted by atomic mass is 35.5. The number of aldehydes is 1. The number of anilines is 5. The quantitative estimate of drug-likeness (QED) is 0.0268. The van der Waals surface area contributed by atoms with E-state index < -0.39 is 41.8 Å². The minimum atomic E-state index is -4.64. The summed E-state index contributed by atoms with van der Waals surface area (Å²) in [6.45, 7) is 26.9. The highest BCUT2D eigenvalue weighted by molar-refractivity contribution is 6.40. The molecule has 124 heavy (non-hydrogen) atoms. The molecule has 6 N–H and O–H groups in total. The van der Waals surface area contributed by atoms with Gasteiger partial charge in [0.15, 0.2) is 5.78 Å². The summed E-state index contributed by atoms with van der Waals surface area (Å²) in [6.07, 6.45) is 0.812. The molecule has 0 saturated heterocycles. The number of para-hydroxylation sites is 3. The second-order valence-corrected chi connectivity index (χ2v) is 32.6. The van der Waals surface area contributed by atoms with Gasteiger partial charge in [-0.15, -0.1) is 23.2 Å². The Kier molecular flexibility index (Phi) is 34.3. The third kappa shape index (κ3) is 26.8. The van der Waals surface area contributed by atoms with Gasteiger partial charge in [0.2, 0.25) is 12.2 Å². The number of ketones is 3. The summed E-state index contributed by atoms with van der Waals surface area (Å²) in [7, 11) is 0. The first kappa shape index (κ1) is 98.3. The van der Waals surface area contributed by atoms with Gasteiger partial charge in [0, 0.05) is 72.6 Å². The van der Waals surface area contributed by atoms with Gasteiger partial charge in [-0.2, -0.15) is 13.2 Å². The number of ether oxygens (including phenoxy) is 2. The Balaban J connectivity index is 0.000000223. The minimum Gasteiger partial charge on any atom is -0.444 e. The zero-order valence-electron chi connectivity index (χ0n) is 70.3. The average molecular weight is 1720 g/mol. The van der Waals surface area contributed by atoms with E-state index in [0.717, 1.165) is 89.6 Å². The van der Waals surface area contributed by atoms with Gasteiger partial charge in [0.1, 0.15) is 22.8 Å². The number of Topliss-reactive ketones (excluding diaryl/α,β-unsaturated/α-hetero) is 3. The summed E-state index contributed by atoms with van der Waals surface area (Å²) in [6, 6.07) is 70.8. The lowest BCUT2D eigenvalue weighted by atomic mass is 9.99. The Hall–Kier alpha value is -12.9. The summed E-state index contributed by atoms with van der Waals surface area (Å²) in [5, 5.41) is 15.5. The van der Waals surface area contributed by atoms with Crippen LogP contribution in [0.15, 0.2) is 236 Å². The van der Waals surface area contributed by atoms with Crippen LogP contribution in [-0.2, 0) is 41.5 Å². The minimum absolute atomic E-state index is 0. The van der Waals surface area contributed by atoms with Crippen LogP contribution in [0.25, 0.3) is 49.8 Å². The maximum absolute atomic E-state index is 13.0. The van der Waals surface area contributed by atoms with E-state index in [4.69, 9.17) is 48.2 Å². The molecule has 0 fully saturated rings. The Labute approximate surface area is 735 Å². The lowest BCUT2D eigenvalue weighted by Crippen LogP contribution is -2.27. The number of nitrogens with one attached hydrogen (secondary N) is 4. The SMILES string of the molecule is C.C.C.Cc1cc(N)c(NC(=O)OC(C)(C)C)cc1C.Cc1cc(NC(=O)CC(=O)c2cccc(-n3ccc4ccccc43)c2)c(NC(=O)OC(C)(C)C)cc1C.Cc1cc2c(cc1C)N=C(c1cccc(-n3ccc4ccccc43)c1)CC(=O)C2.Cc1cc2c(cc1C)NC(c1cccc(-n3ccc4ccccc43)c1)CC(=O)C2.ClCCl.O=CC(F)(F)F. The highest BCUT2D eigenvalue weighted by Crippen LogP contribution is 2.36. The van der Waals surface area contributed by atoms with Crippen molar-refractivity contribution in [3.05, 3.63) is 303 Å². The number of halogens is 5. The molecular weight excluding hydrogens is 1610 g/mol. The molecule has 3 aromatic heterocycles. The van der Waals surface area contributed by atoms with Crippen LogP contribution in [0.3, 0.4) is 0 Å². The standard InChI is InChI=1S/C30H31N3O4.C26H24N2O.C26H22N2O.C13H20N2O2.C2HF3O.CH2Cl2.3CH4/c1-19-15-24(25(16-20(19)2)32-29(36)37-30(3,4)5)31-28(35)18-27(34)22-10-8-11-23(17-22)33-14-13-21-9-6-7-12-26(21)33;2*1-17-12-21-15-23(29)16-25(27-24(21)13-18(17)2)20-7-5-8-22(14-20)28-11-10-19-6-3-4-9-26(19)28;1-8-6-10(14)11(7-9(8)2)15-12(16)17-13(3,4)5;3-2(4,5)1-6;2-1-3;;;/h6-17H,18H2,1-5H3,(H,31,35)(H,32,36);3-14,25,27H,15-16H2,1-2H3;3-14H,15-16H2,1-2H3;6-7H,14H2,1-5H3,(H,15,16);1H;1H2;3*1H4. The molecule has 23 heteroatoms. The number of rotatable bonds is 11. The van der Waals surface area contributed by atoms with Gasteiger partial charge in [-0.1, -0.05) is 125 Å². The van der Waals surface area contributed by atoms with Crippen molar-refractivity contribution in [2.75, 3.05) is 32.3 Å². The first-order valence-corrected chi connectivity index (χ1v) is 40.4. The molecule has 1 unspecified atom stereocenters. The number of carbonyl (C=O) groups excluding carboxylic acids is 7. The molecular formula is C101H112Cl2F3N9O9. The van der Waals surface area contributed by atoms with E-state index in [-0.39, 0.29) is 57.4 Å². The van der Waals surface area contributed by atoms with Crippen LogP contribution in [0.5, 0.6) is 0 Å². The fourth-order valence-electron chi connectivity index (χ4n) is 13.7. The van der Waals surface area contributed by atoms with E-state index in [2.05, 4.69) is 192 Å². The number of nitrogen functional groups attached to an aromatic ring is 1. The number of nitrogens with zero attached hydrogens (tertiary/aromatic N) is 4. The molecule has 2 aliphatic heterocycles. The Morgan fingerprint density at radius 2 is 0.903 bits per heavy atom. The number of amides is 3. The summed E-state index contributed by atoms with van der Waals surface area (Å²) in [5.41, 5.74) is 29.5. The molecule has 15 rings (SSSR count). The maximum Gasteiger partial charge on any atom is 0.446 e. The molecule has 2 aliphatic rings. The van der Waals surface area contributed by atoms with Crippen LogP contribution in [-0.4, -0.2) is 83.9 Å². The van der Waals surface area contributed by atoms with Crippen molar-refractivity contribution in [2.45, 2.75) is 175 Å². The van der Waals surface area contributed by atoms with Crippen LogP contribution in [0, 0.1) is 55.4 Å². The number of benzene rings is 10. The fraction of sp³-hybridized carbons (Fsp3) is 0.267. The number of hydrogen-bond donors (Lipinski definition) is 5. The predicted molar refractivity (Wildman–Crippen MR) is 503 cm³/mol. The van der Waals surface area contributed by atoms with Crippen molar-refractivity contribution in [3.8, 4) is 17.1 Å². The molecule has 3 amide bonds. The number of hydrogen-bond acceptors (Lipinski definition) is 12.